The number of alkyl halides is 2. The molecular weight excluding hydrogens is 192 g/mol. The van der Waals surface area contributed by atoms with Gasteiger partial charge in [-0.1, -0.05) is 12.1 Å². The van der Waals surface area contributed by atoms with Gasteiger partial charge in [-0.05, 0) is 24.6 Å². The van der Waals surface area contributed by atoms with Crippen molar-refractivity contribution in [2.24, 2.45) is 0 Å². The van der Waals surface area contributed by atoms with Gasteiger partial charge in [0, 0.05) is 0 Å². The minimum Gasteiger partial charge on any atom is -0.435 e. The fraction of sp³-hybridized carbons (Fsp3) is 0.333. The van der Waals surface area contributed by atoms with Gasteiger partial charge in [-0.3, -0.25) is 0 Å². The van der Waals surface area contributed by atoms with Gasteiger partial charge in [0.25, 0.3) is 0 Å². The molecule has 1 rings (SSSR count). The molecule has 14 heavy (non-hydrogen) atoms. The highest BCUT2D eigenvalue weighted by Gasteiger charge is 2.07. The lowest BCUT2D eigenvalue weighted by Gasteiger charge is -2.11. The number of hydrogen-bond donors (Lipinski definition) is 2. The first kappa shape index (κ1) is 10.9. The number of nitrogens with one attached hydrogen (secondary N) is 1. The maximum absolute atomic E-state index is 11.8. The molecule has 1 aromatic rings. The van der Waals surface area contributed by atoms with Crippen molar-refractivity contribution in [2.75, 3.05) is 0 Å². The third kappa shape index (κ3) is 2.93. The smallest absolute Gasteiger partial charge is 0.387 e. The predicted molar refractivity (Wildman–Crippen MR) is 46.4 cm³/mol. The lowest BCUT2D eigenvalue weighted by Crippen LogP contribution is -2.13. The molecule has 0 aliphatic carbocycles. The summed E-state index contributed by atoms with van der Waals surface area (Å²) in [6, 6.07) is 5.84. The van der Waals surface area contributed by atoms with Crippen molar-refractivity contribution in [1.82, 2.24) is 5.48 Å². The fourth-order valence-electron chi connectivity index (χ4n) is 1.03. The third-order valence-electron chi connectivity index (χ3n) is 1.78. The zero-order valence-electron chi connectivity index (χ0n) is 7.58. The lowest BCUT2D eigenvalue weighted by molar-refractivity contribution is -0.0499. The number of hydroxylamine groups is 1. The van der Waals surface area contributed by atoms with Crippen molar-refractivity contribution in [1.29, 1.82) is 0 Å². The molecule has 5 heteroatoms. The molecule has 0 aliphatic heterocycles. The van der Waals surface area contributed by atoms with E-state index >= 15 is 0 Å². The van der Waals surface area contributed by atoms with Crippen LogP contribution in [0.4, 0.5) is 8.78 Å². The van der Waals surface area contributed by atoms with Crippen LogP contribution in [0.3, 0.4) is 0 Å². The summed E-state index contributed by atoms with van der Waals surface area (Å²) < 4.78 is 27.9. The predicted octanol–water partition coefficient (Wildman–Crippen LogP) is 2.33. The van der Waals surface area contributed by atoms with Crippen LogP contribution in [0.25, 0.3) is 0 Å². The van der Waals surface area contributed by atoms with Crippen LogP contribution in [0.15, 0.2) is 24.3 Å². The van der Waals surface area contributed by atoms with E-state index in [4.69, 9.17) is 5.21 Å². The van der Waals surface area contributed by atoms with Gasteiger partial charge in [0.15, 0.2) is 0 Å². The van der Waals surface area contributed by atoms with Crippen molar-refractivity contribution in [3.63, 3.8) is 0 Å². The number of rotatable bonds is 4. The summed E-state index contributed by atoms with van der Waals surface area (Å²) >= 11 is 0. The summed E-state index contributed by atoms with van der Waals surface area (Å²) in [6.07, 6.45) is 0. The van der Waals surface area contributed by atoms with Gasteiger partial charge in [0.05, 0.1) is 6.04 Å². The highest BCUT2D eigenvalue weighted by molar-refractivity contribution is 5.30. The van der Waals surface area contributed by atoms with Gasteiger partial charge in [0.2, 0.25) is 0 Å². The molecular formula is C9H11F2NO2. The Labute approximate surface area is 80.3 Å². The molecule has 0 radical (unpaired) electrons. The summed E-state index contributed by atoms with van der Waals surface area (Å²) in [5.74, 6) is 0.0830. The Kier molecular flexibility index (Phi) is 3.79. The molecule has 1 atom stereocenters. The molecule has 0 saturated carbocycles. The van der Waals surface area contributed by atoms with Gasteiger partial charge in [-0.2, -0.15) is 14.3 Å². The zero-order chi connectivity index (χ0) is 10.6. The van der Waals surface area contributed by atoms with E-state index < -0.39 is 6.61 Å². The van der Waals surface area contributed by atoms with Crippen molar-refractivity contribution in [3.8, 4) is 5.75 Å². The molecule has 0 amide bonds. The first-order chi connectivity index (χ1) is 6.63. The molecule has 0 saturated heterocycles. The Bertz CT molecular complexity index is 294. The molecule has 1 aromatic carbocycles. The van der Waals surface area contributed by atoms with E-state index in [2.05, 4.69) is 4.74 Å². The average Bonchev–Trinajstić information content (AvgIpc) is 2.16. The van der Waals surface area contributed by atoms with Gasteiger partial charge >= 0.3 is 6.61 Å². The van der Waals surface area contributed by atoms with Crippen molar-refractivity contribution in [2.45, 2.75) is 19.6 Å². The highest BCUT2D eigenvalue weighted by Crippen LogP contribution is 2.20. The normalized spacial score (nSPS) is 12.9. The van der Waals surface area contributed by atoms with E-state index in [0.29, 0.717) is 5.56 Å². The first-order valence-corrected chi connectivity index (χ1v) is 4.08. The maximum Gasteiger partial charge on any atom is 0.387 e. The second-order valence-electron chi connectivity index (χ2n) is 2.80. The summed E-state index contributed by atoms with van der Waals surface area (Å²) in [5.41, 5.74) is 2.69. The molecule has 78 valence electrons. The maximum atomic E-state index is 11.8. The van der Waals surface area contributed by atoms with Crippen LogP contribution in [0.2, 0.25) is 0 Å². The van der Waals surface area contributed by atoms with Crippen LogP contribution in [-0.4, -0.2) is 11.8 Å². The van der Waals surface area contributed by atoms with E-state index in [1.165, 1.54) is 12.1 Å². The number of benzene rings is 1. The van der Waals surface area contributed by atoms with Gasteiger partial charge in [-0.15, -0.1) is 0 Å². The van der Waals surface area contributed by atoms with Crippen molar-refractivity contribution in [3.05, 3.63) is 29.8 Å². The molecule has 0 fully saturated rings. The molecule has 1 unspecified atom stereocenters. The minimum absolute atomic E-state index is 0.0830. The zero-order valence-corrected chi connectivity index (χ0v) is 7.58. The topological polar surface area (TPSA) is 41.5 Å². The first-order valence-electron chi connectivity index (χ1n) is 4.08. The Hall–Kier alpha value is -1.20. The minimum atomic E-state index is -2.83. The lowest BCUT2D eigenvalue weighted by atomic mass is 10.1. The SMILES string of the molecule is CC(NO)c1cccc(OC(F)F)c1. The van der Waals surface area contributed by atoms with Crippen LogP contribution in [0, 0.1) is 0 Å². The molecule has 2 N–H and O–H groups in total. The van der Waals surface area contributed by atoms with E-state index in [1.807, 2.05) is 5.48 Å². The van der Waals surface area contributed by atoms with E-state index in [1.54, 1.807) is 19.1 Å². The standard InChI is InChI=1S/C9H11F2NO2/c1-6(12-13)7-3-2-4-8(5-7)14-9(10)11/h2-6,9,12-13H,1H3. The highest BCUT2D eigenvalue weighted by atomic mass is 19.3. The second kappa shape index (κ2) is 4.88. The molecule has 0 aliphatic rings. The largest absolute Gasteiger partial charge is 0.435 e. The van der Waals surface area contributed by atoms with Crippen LogP contribution >= 0.6 is 0 Å². The fourth-order valence-corrected chi connectivity index (χ4v) is 1.03. The summed E-state index contributed by atoms with van der Waals surface area (Å²) in [6.45, 7) is -1.13. The molecule has 0 heterocycles. The van der Waals surface area contributed by atoms with Crippen LogP contribution in [-0.2, 0) is 0 Å². The quantitative estimate of drug-likeness (QED) is 0.738. The van der Waals surface area contributed by atoms with Crippen LogP contribution in [0.5, 0.6) is 5.75 Å². The summed E-state index contributed by atoms with van der Waals surface area (Å²) in [5, 5.41) is 8.62. The summed E-state index contributed by atoms with van der Waals surface area (Å²) in [4.78, 5) is 0. The Morgan fingerprint density at radius 3 is 2.71 bits per heavy atom. The number of hydrogen-bond acceptors (Lipinski definition) is 3. The van der Waals surface area contributed by atoms with E-state index in [0.717, 1.165) is 0 Å². The van der Waals surface area contributed by atoms with E-state index in [9.17, 15) is 8.78 Å². The van der Waals surface area contributed by atoms with Gasteiger partial charge in [-0.25, -0.2) is 0 Å². The van der Waals surface area contributed by atoms with E-state index in [-0.39, 0.29) is 11.8 Å². The Balaban J connectivity index is 2.78. The monoisotopic (exact) mass is 203 g/mol. The number of ether oxygens (including phenoxy) is 1. The Morgan fingerprint density at radius 2 is 2.14 bits per heavy atom. The van der Waals surface area contributed by atoms with Crippen LogP contribution < -0.4 is 10.2 Å². The second-order valence-corrected chi connectivity index (χ2v) is 2.80. The summed E-state index contributed by atoms with van der Waals surface area (Å²) in [7, 11) is 0. The Morgan fingerprint density at radius 1 is 1.43 bits per heavy atom. The third-order valence-corrected chi connectivity index (χ3v) is 1.78. The molecule has 3 nitrogen and oxygen atoms in total. The van der Waals surface area contributed by atoms with Crippen molar-refractivity contribution >= 4 is 0 Å². The van der Waals surface area contributed by atoms with Crippen LogP contribution in [0.1, 0.15) is 18.5 Å². The molecule has 0 bridgehead atoms. The average molecular weight is 203 g/mol. The number of halogens is 2. The van der Waals surface area contributed by atoms with Crippen molar-refractivity contribution < 1.29 is 18.7 Å². The molecule has 0 aromatic heterocycles. The molecule has 0 spiro atoms. The van der Waals surface area contributed by atoms with Gasteiger partial charge in [0.1, 0.15) is 5.75 Å². The van der Waals surface area contributed by atoms with Gasteiger partial charge < -0.3 is 9.94 Å².